The lowest BCUT2D eigenvalue weighted by Crippen LogP contribution is -3.00. The minimum atomic E-state index is -4.32. The average Bonchev–Trinajstić information content (AvgIpc) is 3.01. The summed E-state index contributed by atoms with van der Waals surface area (Å²) in [5.74, 6) is 0. The summed E-state index contributed by atoms with van der Waals surface area (Å²) < 4.78 is 40.5. The fourth-order valence-corrected chi connectivity index (χ4v) is 3.77. The Labute approximate surface area is 170 Å². The number of rotatable bonds is 2. The molecule has 140 valence electrons. The summed E-state index contributed by atoms with van der Waals surface area (Å²) in [5, 5.41) is 2.20. The largest absolute Gasteiger partial charge is 1.00 e. The number of nitrogens with zero attached hydrogens (tertiary/aromatic N) is 2. The van der Waals surface area contributed by atoms with Gasteiger partial charge in [0.2, 0.25) is 5.69 Å². The molecule has 0 spiro atoms. The molecular weight excluding hydrogens is 429 g/mol. The summed E-state index contributed by atoms with van der Waals surface area (Å²) in [6.45, 7) is 0.492. The number of hydrogen-bond acceptors (Lipinski definition) is 1. The number of aromatic nitrogens is 2. The highest BCUT2D eigenvalue weighted by atomic mass is 79.9. The molecule has 0 aliphatic heterocycles. The molecule has 2 aromatic carbocycles. The summed E-state index contributed by atoms with van der Waals surface area (Å²) in [4.78, 5) is 4.57. The van der Waals surface area contributed by atoms with E-state index in [4.69, 9.17) is 0 Å². The highest BCUT2D eigenvalue weighted by Crippen LogP contribution is 2.43. The second-order valence-corrected chi connectivity index (χ2v) is 6.66. The van der Waals surface area contributed by atoms with E-state index in [1.165, 1.54) is 12.1 Å². The molecule has 0 amide bonds. The third-order valence-electron chi connectivity index (χ3n) is 5.01. The van der Waals surface area contributed by atoms with Crippen LogP contribution < -0.4 is 21.5 Å². The predicted octanol–water partition coefficient (Wildman–Crippen LogP) is 2.24. The Balaban J connectivity index is 0.00000192. The van der Waals surface area contributed by atoms with Gasteiger partial charge in [-0.1, -0.05) is 30.3 Å². The molecule has 2 heterocycles. The van der Waals surface area contributed by atoms with Crippen LogP contribution in [0.2, 0.25) is 0 Å². The SMILES string of the molecule is FC(F)(F)c1ccc(C[n+]2ccc3ccnc4c3c2-c2ccccc2-4)cc1.[Br-]. The van der Waals surface area contributed by atoms with Crippen molar-refractivity contribution in [3.05, 3.63) is 84.2 Å². The summed E-state index contributed by atoms with van der Waals surface area (Å²) in [5.41, 5.74) is 4.40. The Hall–Kier alpha value is -2.73. The van der Waals surface area contributed by atoms with Crippen LogP contribution in [0.1, 0.15) is 11.1 Å². The van der Waals surface area contributed by atoms with Crippen molar-refractivity contribution in [2.75, 3.05) is 0 Å². The van der Waals surface area contributed by atoms with E-state index < -0.39 is 11.7 Å². The lowest BCUT2D eigenvalue weighted by molar-refractivity contribution is -0.676. The monoisotopic (exact) mass is 442 g/mol. The van der Waals surface area contributed by atoms with Crippen molar-refractivity contribution in [2.45, 2.75) is 12.7 Å². The molecule has 1 aliphatic carbocycles. The number of pyridine rings is 2. The van der Waals surface area contributed by atoms with Gasteiger partial charge in [-0.2, -0.15) is 17.7 Å². The second kappa shape index (κ2) is 6.71. The van der Waals surface area contributed by atoms with Crippen LogP contribution in [0, 0.1) is 0 Å². The van der Waals surface area contributed by atoms with Crippen molar-refractivity contribution >= 4 is 10.8 Å². The highest BCUT2D eigenvalue weighted by Gasteiger charge is 2.32. The summed E-state index contributed by atoms with van der Waals surface area (Å²) in [7, 11) is 0. The number of halogens is 4. The first kappa shape index (κ1) is 18.6. The maximum absolute atomic E-state index is 12.8. The first-order chi connectivity index (χ1) is 13.0. The second-order valence-electron chi connectivity index (χ2n) is 6.66. The third kappa shape index (κ3) is 2.88. The summed E-state index contributed by atoms with van der Waals surface area (Å²) >= 11 is 0. The van der Waals surface area contributed by atoms with Crippen molar-refractivity contribution in [1.29, 1.82) is 0 Å². The first-order valence-electron chi connectivity index (χ1n) is 8.59. The van der Waals surface area contributed by atoms with Gasteiger partial charge in [-0.3, -0.25) is 4.98 Å². The molecule has 0 saturated heterocycles. The Kier molecular flexibility index (Phi) is 4.46. The van der Waals surface area contributed by atoms with Crippen LogP contribution in [0.3, 0.4) is 0 Å². The summed E-state index contributed by atoms with van der Waals surface area (Å²) in [6.07, 6.45) is -0.521. The van der Waals surface area contributed by atoms with Gasteiger partial charge < -0.3 is 17.0 Å². The number of benzene rings is 2. The van der Waals surface area contributed by atoms with Crippen LogP contribution in [0.4, 0.5) is 13.2 Å². The minimum Gasteiger partial charge on any atom is -1.00 e. The molecule has 28 heavy (non-hydrogen) atoms. The van der Waals surface area contributed by atoms with E-state index >= 15 is 0 Å². The van der Waals surface area contributed by atoms with Gasteiger partial charge in [-0.05, 0) is 29.7 Å². The Morgan fingerprint density at radius 3 is 2.29 bits per heavy atom. The molecule has 2 aromatic heterocycles. The molecule has 6 heteroatoms. The molecule has 0 bridgehead atoms. The fraction of sp³-hybridized carbons (Fsp3) is 0.0909. The Morgan fingerprint density at radius 1 is 0.857 bits per heavy atom. The van der Waals surface area contributed by atoms with E-state index in [0.29, 0.717) is 6.54 Å². The van der Waals surface area contributed by atoms with Crippen LogP contribution in [-0.2, 0) is 12.7 Å². The molecule has 0 unspecified atom stereocenters. The zero-order chi connectivity index (χ0) is 18.6. The smallest absolute Gasteiger partial charge is 0.416 e. The minimum absolute atomic E-state index is 0. The van der Waals surface area contributed by atoms with Gasteiger partial charge in [-0.25, -0.2) is 0 Å². The topological polar surface area (TPSA) is 16.8 Å². The van der Waals surface area contributed by atoms with Crippen LogP contribution in [0.5, 0.6) is 0 Å². The Bertz CT molecular complexity index is 1180. The molecule has 0 atom stereocenters. The Morgan fingerprint density at radius 2 is 1.57 bits per heavy atom. The lowest BCUT2D eigenvalue weighted by Gasteiger charge is -2.08. The van der Waals surface area contributed by atoms with Crippen molar-refractivity contribution in [3.63, 3.8) is 0 Å². The molecule has 5 rings (SSSR count). The zero-order valence-electron chi connectivity index (χ0n) is 14.5. The molecule has 2 nitrogen and oxygen atoms in total. The van der Waals surface area contributed by atoms with Gasteiger partial charge in [0.25, 0.3) is 0 Å². The quantitative estimate of drug-likeness (QED) is 0.383. The maximum Gasteiger partial charge on any atom is 0.416 e. The van der Waals surface area contributed by atoms with Crippen molar-refractivity contribution in [3.8, 4) is 22.5 Å². The number of alkyl halides is 3. The lowest BCUT2D eigenvalue weighted by atomic mass is 10.1. The van der Waals surface area contributed by atoms with Crippen LogP contribution in [-0.4, -0.2) is 4.98 Å². The normalized spacial score (nSPS) is 12.0. The van der Waals surface area contributed by atoms with E-state index in [0.717, 1.165) is 51.0 Å². The van der Waals surface area contributed by atoms with Crippen molar-refractivity contribution in [2.24, 2.45) is 0 Å². The van der Waals surface area contributed by atoms with E-state index in [1.807, 2.05) is 36.7 Å². The van der Waals surface area contributed by atoms with Crippen molar-refractivity contribution < 1.29 is 34.7 Å². The van der Waals surface area contributed by atoms with Gasteiger partial charge in [-0.15, -0.1) is 0 Å². The predicted molar refractivity (Wildman–Crippen MR) is 96.9 cm³/mol. The van der Waals surface area contributed by atoms with Gasteiger partial charge in [0.15, 0.2) is 12.7 Å². The number of hydrogen-bond donors (Lipinski definition) is 0. The molecule has 0 saturated carbocycles. The van der Waals surface area contributed by atoms with Crippen molar-refractivity contribution in [1.82, 2.24) is 4.98 Å². The van der Waals surface area contributed by atoms with Crippen LogP contribution in [0.15, 0.2) is 73.1 Å². The van der Waals surface area contributed by atoms with Gasteiger partial charge in [0.05, 0.1) is 22.2 Å². The molecule has 4 aromatic rings. The highest BCUT2D eigenvalue weighted by molar-refractivity contribution is 6.11. The van der Waals surface area contributed by atoms with Gasteiger partial charge in [0.1, 0.15) is 0 Å². The zero-order valence-corrected chi connectivity index (χ0v) is 16.1. The maximum atomic E-state index is 12.8. The first-order valence-corrected chi connectivity index (χ1v) is 8.59. The van der Waals surface area contributed by atoms with Crippen LogP contribution >= 0.6 is 0 Å². The van der Waals surface area contributed by atoms with E-state index in [-0.39, 0.29) is 17.0 Å². The third-order valence-corrected chi connectivity index (χ3v) is 5.01. The molecule has 1 aliphatic rings. The molecular formula is C22H14BrF3N2. The summed E-state index contributed by atoms with van der Waals surface area (Å²) in [6, 6.07) is 17.5. The molecule has 0 N–H and O–H groups in total. The average molecular weight is 443 g/mol. The van der Waals surface area contributed by atoms with E-state index in [1.54, 1.807) is 0 Å². The van der Waals surface area contributed by atoms with E-state index in [9.17, 15) is 13.2 Å². The van der Waals surface area contributed by atoms with Crippen LogP contribution in [0.25, 0.3) is 33.3 Å². The van der Waals surface area contributed by atoms with Gasteiger partial charge >= 0.3 is 6.18 Å². The molecule has 0 radical (unpaired) electrons. The number of fused-ring (bicyclic) bond motifs is 3. The fourth-order valence-electron chi connectivity index (χ4n) is 3.77. The van der Waals surface area contributed by atoms with E-state index in [2.05, 4.69) is 21.7 Å². The standard InChI is InChI=1S/C22H14F3N2.BrH/c23-22(24,25)16-7-5-14(6-8-16)13-27-12-10-15-9-11-26-20-17-3-1-2-4-18(17)21(27)19(15)20;/h1-12H,13H2;1H/q+1;/p-1. The van der Waals surface area contributed by atoms with Gasteiger partial charge in [0, 0.05) is 23.4 Å². The molecule has 0 fully saturated rings.